The first-order valence-electron chi connectivity index (χ1n) is 12.6. The third-order valence-corrected chi connectivity index (χ3v) is 7.49. The van der Waals surface area contributed by atoms with Gasteiger partial charge in [-0.05, 0) is 25.8 Å². The molecule has 0 bridgehead atoms. The molecule has 2 heterocycles. The van der Waals surface area contributed by atoms with E-state index in [1.807, 2.05) is 0 Å². The van der Waals surface area contributed by atoms with E-state index in [1.54, 1.807) is 20.2 Å². The Morgan fingerprint density at radius 3 is 2.46 bits per heavy atom. The minimum absolute atomic E-state index is 0.0526. The molecule has 2 N–H and O–H groups in total. The number of amides is 3. The standard InChI is InChI=1S/C26H32Cl2N6O5/c1-6-17(35)30-15-10-8-9-11-16(15)31-25-29-12-14-13-34(26(36)33(3)24(14)32-25)20-18(27)21(37-4)23(38-5)22(19(20)28)39-7-2/h6,12,15-16H,1,7-11,13H2,2-5H3,(H,30,35)(H,29,31,32)/t15-,16+/m0/s1. The Bertz CT molecular complexity index is 1280. The van der Waals surface area contributed by atoms with Crippen LogP contribution >= 0.6 is 23.2 Å². The first kappa shape index (κ1) is 28.6. The summed E-state index contributed by atoms with van der Waals surface area (Å²) in [5.41, 5.74) is 0.912. The first-order chi connectivity index (χ1) is 18.7. The number of halogens is 2. The molecule has 1 aliphatic carbocycles. The van der Waals surface area contributed by atoms with Crippen LogP contribution in [0.4, 0.5) is 22.2 Å². The molecule has 0 unspecified atom stereocenters. The number of rotatable bonds is 9. The molecule has 2 aliphatic rings. The predicted octanol–water partition coefficient (Wildman–Crippen LogP) is 4.80. The smallest absolute Gasteiger partial charge is 0.330 e. The summed E-state index contributed by atoms with van der Waals surface area (Å²) in [7, 11) is 4.51. The van der Waals surface area contributed by atoms with Crippen molar-refractivity contribution in [3.8, 4) is 17.2 Å². The second-order valence-corrected chi connectivity index (χ2v) is 9.89. The van der Waals surface area contributed by atoms with Gasteiger partial charge in [-0.15, -0.1) is 0 Å². The zero-order valence-corrected chi connectivity index (χ0v) is 23.9. The van der Waals surface area contributed by atoms with Crippen molar-refractivity contribution in [2.24, 2.45) is 0 Å². The van der Waals surface area contributed by atoms with Gasteiger partial charge in [0, 0.05) is 30.9 Å². The molecular formula is C26H32Cl2N6O5. The molecule has 0 spiro atoms. The van der Waals surface area contributed by atoms with E-state index in [0.717, 1.165) is 25.7 Å². The second-order valence-electron chi connectivity index (χ2n) is 9.13. The number of hydrogen-bond donors (Lipinski definition) is 2. The first-order valence-corrected chi connectivity index (χ1v) is 13.4. The van der Waals surface area contributed by atoms with E-state index in [9.17, 15) is 9.59 Å². The monoisotopic (exact) mass is 578 g/mol. The zero-order chi connectivity index (χ0) is 28.3. The molecule has 2 atom stereocenters. The number of nitrogens with one attached hydrogen (secondary N) is 2. The topological polar surface area (TPSA) is 118 Å². The van der Waals surface area contributed by atoms with Gasteiger partial charge in [0.15, 0.2) is 11.5 Å². The average Bonchev–Trinajstić information content (AvgIpc) is 2.94. The van der Waals surface area contributed by atoms with Gasteiger partial charge in [-0.3, -0.25) is 14.6 Å². The highest BCUT2D eigenvalue weighted by atomic mass is 35.5. The Morgan fingerprint density at radius 2 is 1.82 bits per heavy atom. The summed E-state index contributed by atoms with van der Waals surface area (Å²) in [4.78, 5) is 37.5. The van der Waals surface area contributed by atoms with Crippen molar-refractivity contribution in [2.75, 3.05) is 43.0 Å². The van der Waals surface area contributed by atoms with Crippen molar-refractivity contribution in [2.45, 2.75) is 51.2 Å². The molecule has 1 aromatic carbocycles. The minimum atomic E-state index is -0.403. The Morgan fingerprint density at radius 1 is 1.15 bits per heavy atom. The van der Waals surface area contributed by atoms with E-state index in [-0.39, 0.29) is 57.5 Å². The molecule has 1 aliphatic heterocycles. The van der Waals surface area contributed by atoms with Crippen LogP contribution in [0.2, 0.25) is 10.0 Å². The van der Waals surface area contributed by atoms with E-state index < -0.39 is 6.03 Å². The van der Waals surface area contributed by atoms with Gasteiger partial charge in [-0.2, -0.15) is 4.98 Å². The number of hydrogen-bond acceptors (Lipinski definition) is 8. The lowest BCUT2D eigenvalue weighted by Gasteiger charge is -2.36. The number of benzene rings is 1. The fourth-order valence-corrected chi connectivity index (χ4v) is 5.67. The number of carbonyl (C=O) groups is 2. The molecule has 1 saturated carbocycles. The number of methoxy groups -OCH3 is 2. The maximum atomic E-state index is 13.6. The fourth-order valence-electron chi connectivity index (χ4n) is 4.93. The van der Waals surface area contributed by atoms with Crippen LogP contribution in [0.5, 0.6) is 17.2 Å². The van der Waals surface area contributed by atoms with E-state index >= 15 is 0 Å². The van der Waals surface area contributed by atoms with E-state index in [2.05, 4.69) is 27.2 Å². The summed E-state index contributed by atoms with van der Waals surface area (Å²) in [5.74, 6) is 1.26. The van der Waals surface area contributed by atoms with Crippen molar-refractivity contribution >= 4 is 52.6 Å². The van der Waals surface area contributed by atoms with Gasteiger partial charge in [0.1, 0.15) is 15.9 Å². The van der Waals surface area contributed by atoms with Crippen LogP contribution in [0.15, 0.2) is 18.9 Å². The molecule has 2 aromatic rings. The Hall–Kier alpha value is -3.44. The van der Waals surface area contributed by atoms with Crippen molar-refractivity contribution in [1.82, 2.24) is 15.3 Å². The number of aromatic nitrogens is 2. The van der Waals surface area contributed by atoms with Crippen LogP contribution in [0.1, 0.15) is 38.2 Å². The quantitative estimate of drug-likeness (QED) is 0.407. The SMILES string of the molecule is C=CC(=O)N[C@H]1CCCC[C@H]1Nc1ncc2c(n1)N(C)C(=O)N(c1c(Cl)c(OC)c(OC)c(OCC)c1Cl)C2. The average molecular weight is 579 g/mol. The van der Waals surface area contributed by atoms with Crippen LogP contribution in [-0.2, 0) is 11.3 Å². The predicted molar refractivity (Wildman–Crippen MR) is 151 cm³/mol. The highest BCUT2D eigenvalue weighted by Crippen LogP contribution is 2.54. The maximum Gasteiger partial charge on any atom is 0.330 e. The number of urea groups is 1. The van der Waals surface area contributed by atoms with Crippen molar-refractivity contribution in [1.29, 1.82) is 0 Å². The largest absolute Gasteiger partial charge is 0.491 e. The molecule has 13 heteroatoms. The van der Waals surface area contributed by atoms with Crippen LogP contribution < -0.4 is 34.6 Å². The van der Waals surface area contributed by atoms with Gasteiger partial charge in [0.05, 0.1) is 33.1 Å². The third-order valence-electron chi connectivity index (χ3n) is 6.79. The van der Waals surface area contributed by atoms with Gasteiger partial charge in [-0.1, -0.05) is 42.6 Å². The van der Waals surface area contributed by atoms with Gasteiger partial charge < -0.3 is 24.8 Å². The van der Waals surface area contributed by atoms with E-state index in [4.69, 9.17) is 37.4 Å². The molecule has 0 radical (unpaired) electrons. The lowest BCUT2D eigenvalue weighted by atomic mass is 9.90. The van der Waals surface area contributed by atoms with Crippen LogP contribution in [0.25, 0.3) is 0 Å². The van der Waals surface area contributed by atoms with Crippen molar-refractivity contribution in [3.63, 3.8) is 0 Å². The zero-order valence-electron chi connectivity index (χ0n) is 22.3. The van der Waals surface area contributed by atoms with Crippen molar-refractivity contribution in [3.05, 3.63) is 34.5 Å². The second kappa shape index (κ2) is 12.2. The number of anilines is 3. The molecule has 39 heavy (non-hydrogen) atoms. The lowest BCUT2D eigenvalue weighted by molar-refractivity contribution is -0.117. The number of carbonyl (C=O) groups excluding carboxylic acids is 2. The molecule has 0 saturated heterocycles. The van der Waals surface area contributed by atoms with Crippen LogP contribution in [0, 0.1) is 0 Å². The summed E-state index contributed by atoms with van der Waals surface area (Å²) < 4.78 is 16.7. The number of fused-ring (bicyclic) bond motifs is 1. The lowest BCUT2D eigenvalue weighted by Crippen LogP contribution is -2.48. The Kier molecular flexibility index (Phi) is 8.91. The molecule has 210 valence electrons. The molecular weight excluding hydrogens is 547 g/mol. The maximum absolute atomic E-state index is 13.6. The molecule has 1 fully saturated rings. The minimum Gasteiger partial charge on any atom is -0.491 e. The van der Waals surface area contributed by atoms with Gasteiger partial charge in [0.2, 0.25) is 17.6 Å². The summed E-state index contributed by atoms with van der Waals surface area (Å²) in [6, 6.07) is -0.532. The Labute approximate surface area is 237 Å². The summed E-state index contributed by atoms with van der Waals surface area (Å²) >= 11 is 13.4. The van der Waals surface area contributed by atoms with Gasteiger partial charge >= 0.3 is 6.03 Å². The summed E-state index contributed by atoms with van der Waals surface area (Å²) in [5, 5.41) is 6.55. The third kappa shape index (κ3) is 5.51. The van der Waals surface area contributed by atoms with E-state index in [1.165, 1.54) is 30.1 Å². The highest BCUT2D eigenvalue weighted by Gasteiger charge is 2.37. The van der Waals surface area contributed by atoms with Gasteiger partial charge in [-0.25, -0.2) is 9.78 Å². The fraction of sp³-hybridized carbons (Fsp3) is 0.462. The molecule has 4 rings (SSSR count). The number of nitrogens with zero attached hydrogens (tertiary/aromatic N) is 4. The van der Waals surface area contributed by atoms with Crippen LogP contribution in [0.3, 0.4) is 0 Å². The molecule has 1 aromatic heterocycles. The molecule has 11 nitrogen and oxygen atoms in total. The normalized spacial score (nSPS) is 18.8. The van der Waals surface area contributed by atoms with E-state index in [0.29, 0.717) is 23.9 Å². The van der Waals surface area contributed by atoms with Gasteiger partial charge in [0.25, 0.3) is 0 Å². The van der Waals surface area contributed by atoms with Crippen LogP contribution in [-0.4, -0.2) is 61.9 Å². The molecule has 3 amide bonds. The summed E-state index contributed by atoms with van der Waals surface area (Å²) in [6.07, 6.45) is 6.65. The number of ether oxygens (including phenoxy) is 3. The highest BCUT2D eigenvalue weighted by molar-refractivity contribution is 6.42. The Balaban J connectivity index is 1.66. The summed E-state index contributed by atoms with van der Waals surface area (Å²) in [6.45, 7) is 5.76. The van der Waals surface area contributed by atoms with Crippen molar-refractivity contribution < 1.29 is 23.8 Å².